The van der Waals surface area contributed by atoms with Crippen molar-refractivity contribution in [1.29, 1.82) is 0 Å². The maximum atomic E-state index is 11.4. The lowest BCUT2D eigenvalue weighted by Gasteiger charge is -2.44. The van der Waals surface area contributed by atoms with Gasteiger partial charge >= 0.3 is 12.0 Å². The number of hydrogen-bond acceptors (Lipinski definition) is 4. The Morgan fingerprint density at radius 3 is 2.58 bits per heavy atom. The zero-order chi connectivity index (χ0) is 14.6. The van der Waals surface area contributed by atoms with Gasteiger partial charge in [-0.3, -0.25) is 19.8 Å². The third kappa shape index (κ3) is 4.20. The number of nitrogens with one attached hydrogen (secondary N) is 1. The van der Waals surface area contributed by atoms with Crippen molar-refractivity contribution in [2.75, 3.05) is 13.1 Å². The van der Waals surface area contributed by atoms with Gasteiger partial charge in [0.15, 0.2) is 0 Å². The van der Waals surface area contributed by atoms with Crippen molar-refractivity contribution < 1.29 is 19.5 Å². The van der Waals surface area contributed by atoms with Crippen LogP contribution in [-0.2, 0) is 9.59 Å². The van der Waals surface area contributed by atoms with Crippen molar-refractivity contribution >= 4 is 17.9 Å². The summed E-state index contributed by atoms with van der Waals surface area (Å²) in [5.74, 6) is -1.36. The zero-order valence-electron chi connectivity index (χ0n) is 11.3. The molecule has 1 saturated heterocycles. The third-order valence-electron chi connectivity index (χ3n) is 3.49. The number of primary amides is 1. The molecule has 1 fully saturated rings. The van der Waals surface area contributed by atoms with Gasteiger partial charge in [-0.1, -0.05) is 13.8 Å². The van der Waals surface area contributed by atoms with Crippen LogP contribution in [0.3, 0.4) is 0 Å². The standard InChI is InChI=1S/C12H21N3O4/c1-12(2)5-3-6-15(9(12)10(17)18)7-4-8(16)14-11(13)19/h9H,3-7H2,1-2H3,(H,17,18)(H3,13,14,16,19). The maximum absolute atomic E-state index is 11.4. The van der Waals surface area contributed by atoms with Gasteiger partial charge in [-0.15, -0.1) is 0 Å². The van der Waals surface area contributed by atoms with Gasteiger partial charge in [-0.05, 0) is 24.8 Å². The van der Waals surface area contributed by atoms with Crippen molar-refractivity contribution in [3.05, 3.63) is 0 Å². The van der Waals surface area contributed by atoms with Crippen molar-refractivity contribution in [2.24, 2.45) is 11.1 Å². The Morgan fingerprint density at radius 2 is 2.05 bits per heavy atom. The molecule has 19 heavy (non-hydrogen) atoms. The molecule has 1 heterocycles. The lowest BCUT2D eigenvalue weighted by molar-refractivity contribution is -0.151. The van der Waals surface area contributed by atoms with Crippen molar-refractivity contribution in [1.82, 2.24) is 10.2 Å². The molecule has 4 N–H and O–H groups in total. The van der Waals surface area contributed by atoms with Gasteiger partial charge in [-0.25, -0.2) is 4.79 Å². The van der Waals surface area contributed by atoms with Gasteiger partial charge in [0.05, 0.1) is 0 Å². The van der Waals surface area contributed by atoms with Crippen LogP contribution in [0.4, 0.5) is 4.79 Å². The van der Waals surface area contributed by atoms with E-state index in [0.717, 1.165) is 12.8 Å². The molecule has 1 aliphatic heterocycles. The lowest BCUT2D eigenvalue weighted by Crippen LogP contribution is -2.54. The number of nitrogens with two attached hydrogens (primary N) is 1. The number of piperidine rings is 1. The highest BCUT2D eigenvalue weighted by Gasteiger charge is 2.42. The van der Waals surface area contributed by atoms with Crippen molar-refractivity contribution in [3.63, 3.8) is 0 Å². The Labute approximate surface area is 112 Å². The number of carbonyl (C=O) groups excluding carboxylic acids is 2. The van der Waals surface area contributed by atoms with Gasteiger partial charge in [0.1, 0.15) is 6.04 Å². The van der Waals surface area contributed by atoms with Gasteiger partial charge in [0.25, 0.3) is 0 Å². The molecule has 1 atom stereocenters. The highest BCUT2D eigenvalue weighted by molar-refractivity contribution is 5.93. The van der Waals surface area contributed by atoms with Gasteiger partial charge in [0, 0.05) is 13.0 Å². The minimum absolute atomic E-state index is 0.0583. The van der Waals surface area contributed by atoms with E-state index in [9.17, 15) is 19.5 Å². The topological polar surface area (TPSA) is 113 Å². The first-order chi connectivity index (χ1) is 8.74. The molecule has 0 aromatic heterocycles. The van der Waals surface area contributed by atoms with Crippen LogP contribution >= 0.6 is 0 Å². The number of rotatable bonds is 4. The predicted molar refractivity (Wildman–Crippen MR) is 68.4 cm³/mol. The largest absolute Gasteiger partial charge is 0.480 e. The smallest absolute Gasteiger partial charge is 0.321 e. The normalized spacial score (nSPS) is 22.7. The molecular formula is C12H21N3O4. The molecule has 1 unspecified atom stereocenters. The molecule has 0 aromatic carbocycles. The van der Waals surface area contributed by atoms with Gasteiger partial charge in [-0.2, -0.15) is 0 Å². The first-order valence-electron chi connectivity index (χ1n) is 6.30. The van der Waals surface area contributed by atoms with E-state index < -0.39 is 23.9 Å². The highest BCUT2D eigenvalue weighted by Crippen LogP contribution is 2.35. The summed E-state index contributed by atoms with van der Waals surface area (Å²) in [5, 5.41) is 11.3. The first kappa shape index (κ1) is 15.4. The summed E-state index contributed by atoms with van der Waals surface area (Å²) in [4.78, 5) is 35.0. The van der Waals surface area contributed by atoms with E-state index in [0.29, 0.717) is 13.1 Å². The second kappa shape index (κ2) is 6.01. The van der Waals surface area contributed by atoms with E-state index in [-0.39, 0.29) is 11.8 Å². The van der Waals surface area contributed by atoms with Crippen LogP contribution < -0.4 is 11.1 Å². The summed E-state index contributed by atoms with van der Waals surface area (Å²) in [6.45, 7) is 4.78. The second-order valence-corrected chi connectivity index (χ2v) is 5.53. The van der Waals surface area contributed by atoms with Crippen LogP contribution in [-0.4, -0.2) is 47.0 Å². The average Bonchev–Trinajstić information content (AvgIpc) is 2.23. The van der Waals surface area contributed by atoms with Gasteiger partial charge in [0.2, 0.25) is 5.91 Å². The number of imide groups is 1. The molecule has 1 aliphatic rings. The third-order valence-corrected chi connectivity index (χ3v) is 3.49. The van der Waals surface area contributed by atoms with Crippen LogP contribution in [0.15, 0.2) is 0 Å². The first-order valence-corrected chi connectivity index (χ1v) is 6.30. The number of carboxylic acids is 1. The van der Waals surface area contributed by atoms with Crippen LogP contribution in [0.5, 0.6) is 0 Å². The van der Waals surface area contributed by atoms with E-state index in [1.807, 2.05) is 19.2 Å². The Balaban J connectivity index is 2.62. The number of nitrogens with zero attached hydrogens (tertiary/aromatic N) is 1. The number of aliphatic carboxylic acids is 1. The maximum Gasteiger partial charge on any atom is 0.321 e. The number of likely N-dealkylation sites (tertiary alicyclic amines) is 1. The molecule has 0 aliphatic carbocycles. The second-order valence-electron chi connectivity index (χ2n) is 5.53. The zero-order valence-corrected chi connectivity index (χ0v) is 11.3. The molecule has 0 saturated carbocycles. The minimum atomic E-state index is -0.890. The van der Waals surface area contributed by atoms with Crippen LogP contribution in [0.25, 0.3) is 0 Å². The fourth-order valence-corrected chi connectivity index (χ4v) is 2.67. The van der Waals surface area contributed by atoms with Gasteiger partial charge < -0.3 is 10.8 Å². The Hall–Kier alpha value is -1.63. The molecule has 1 rings (SSSR count). The summed E-state index contributed by atoms with van der Waals surface area (Å²) in [7, 11) is 0. The molecule has 0 radical (unpaired) electrons. The molecule has 7 heteroatoms. The molecule has 108 valence electrons. The quantitative estimate of drug-likeness (QED) is 0.673. The number of urea groups is 1. The van der Waals surface area contributed by atoms with Crippen LogP contribution in [0.1, 0.15) is 33.1 Å². The highest BCUT2D eigenvalue weighted by atomic mass is 16.4. The molecule has 7 nitrogen and oxygen atoms in total. The van der Waals surface area contributed by atoms with Crippen LogP contribution in [0, 0.1) is 5.41 Å². The Kier molecular flexibility index (Phi) is 4.88. The summed E-state index contributed by atoms with van der Waals surface area (Å²) in [6.07, 6.45) is 1.80. The molecule has 0 bridgehead atoms. The van der Waals surface area contributed by atoms with Crippen LogP contribution in [0.2, 0.25) is 0 Å². The van der Waals surface area contributed by atoms with E-state index >= 15 is 0 Å². The number of amides is 3. The molecule has 0 aromatic rings. The fourth-order valence-electron chi connectivity index (χ4n) is 2.67. The Bertz CT molecular complexity index is 381. The van der Waals surface area contributed by atoms with E-state index in [2.05, 4.69) is 0 Å². The molecular weight excluding hydrogens is 250 g/mol. The van der Waals surface area contributed by atoms with E-state index in [1.54, 1.807) is 4.90 Å². The lowest BCUT2D eigenvalue weighted by atomic mass is 9.76. The molecule has 3 amide bonds. The fraction of sp³-hybridized carbons (Fsp3) is 0.750. The Morgan fingerprint density at radius 1 is 1.42 bits per heavy atom. The summed E-state index contributed by atoms with van der Waals surface area (Å²) >= 11 is 0. The van der Waals surface area contributed by atoms with E-state index in [4.69, 9.17) is 5.73 Å². The monoisotopic (exact) mass is 271 g/mol. The predicted octanol–water partition coefficient (Wildman–Crippen LogP) is 0.147. The number of carbonyl (C=O) groups is 3. The summed E-state index contributed by atoms with van der Waals surface area (Å²) < 4.78 is 0. The molecule has 0 spiro atoms. The van der Waals surface area contributed by atoms with Crippen molar-refractivity contribution in [2.45, 2.75) is 39.2 Å². The van der Waals surface area contributed by atoms with E-state index in [1.165, 1.54) is 0 Å². The SMILES string of the molecule is CC1(C)CCCN(CCC(=O)NC(N)=O)C1C(=O)O. The number of hydrogen-bond donors (Lipinski definition) is 3. The number of carboxylic acid groups (broad SMARTS) is 1. The minimum Gasteiger partial charge on any atom is -0.480 e. The summed E-state index contributed by atoms with van der Waals surface area (Å²) in [5.41, 5.74) is 4.51. The average molecular weight is 271 g/mol. The summed E-state index contributed by atoms with van der Waals surface area (Å²) in [6, 6.07) is -1.50. The van der Waals surface area contributed by atoms with Crippen molar-refractivity contribution in [3.8, 4) is 0 Å².